The highest BCUT2D eigenvalue weighted by molar-refractivity contribution is 7.82. The molecule has 3 aromatic rings. The lowest BCUT2D eigenvalue weighted by molar-refractivity contribution is 0.0472. The second-order valence-corrected chi connectivity index (χ2v) is 7.62. The van der Waals surface area contributed by atoms with Crippen molar-refractivity contribution in [2.75, 3.05) is 16.7 Å². The summed E-state index contributed by atoms with van der Waals surface area (Å²) in [5.74, 6) is -0.203. The summed E-state index contributed by atoms with van der Waals surface area (Å²) in [5, 5.41) is 3.38. The second-order valence-electron chi connectivity index (χ2n) is 6.35. The van der Waals surface area contributed by atoms with Crippen molar-refractivity contribution >= 4 is 59.4 Å². The molecule has 0 aliphatic heterocycles. The first-order valence-corrected chi connectivity index (χ1v) is 10.2. The Bertz CT molecular complexity index is 1080. The Balaban J connectivity index is 1.77. The van der Waals surface area contributed by atoms with Crippen LogP contribution in [0.1, 0.15) is 15.9 Å². The molecule has 1 N–H and O–H groups in total. The Labute approximate surface area is 195 Å². The fraction of sp³-hybridized carbons (Fsp3) is 0.0909. The SMILES string of the molecule is COc1ccc(C(=O)OCc2ccccc2)cc1N(S)C(=O)Nc1cc(Cl)cc(Cl)c1. The third-order valence-electron chi connectivity index (χ3n) is 4.16. The van der Waals surface area contributed by atoms with E-state index in [4.69, 9.17) is 32.7 Å². The molecule has 0 radical (unpaired) electrons. The van der Waals surface area contributed by atoms with Gasteiger partial charge in [-0.05, 0) is 42.0 Å². The lowest BCUT2D eigenvalue weighted by Gasteiger charge is -2.20. The molecule has 0 aromatic heterocycles. The predicted octanol–water partition coefficient (Wildman–Crippen LogP) is 6.24. The van der Waals surface area contributed by atoms with Crippen molar-refractivity contribution in [3.05, 3.63) is 87.9 Å². The van der Waals surface area contributed by atoms with E-state index < -0.39 is 12.0 Å². The van der Waals surface area contributed by atoms with Crippen molar-refractivity contribution < 1.29 is 19.1 Å². The Morgan fingerprint density at radius 3 is 2.32 bits per heavy atom. The van der Waals surface area contributed by atoms with Crippen LogP contribution in [0.2, 0.25) is 10.0 Å². The number of nitrogens with zero attached hydrogens (tertiary/aromatic N) is 1. The van der Waals surface area contributed by atoms with Gasteiger partial charge in [-0.2, -0.15) is 0 Å². The van der Waals surface area contributed by atoms with Crippen LogP contribution in [0.4, 0.5) is 16.2 Å². The number of hydrogen-bond donors (Lipinski definition) is 2. The number of nitrogens with one attached hydrogen (secondary N) is 1. The highest BCUT2D eigenvalue weighted by Gasteiger charge is 2.20. The summed E-state index contributed by atoms with van der Waals surface area (Å²) in [6.07, 6.45) is 0. The van der Waals surface area contributed by atoms with Gasteiger partial charge in [-0.15, -0.1) is 0 Å². The Hall–Kier alpha value is -2.87. The van der Waals surface area contributed by atoms with E-state index in [9.17, 15) is 9.59 Å². The number of halogens is 2. The van der Waals surface area contributed by atoms with Crippen LogP contribution in [0.25, 0.3) is 0 Å². The van der Waals surface area contributed by atoms with Crippen LogP contribution in [0.15, 0.2) is 66.7 Å². The average Bonchev–Trinajstić information content (AvgIpc) is 2.76. The number of amides is 2. The van der Waals surface area contributed by atoms with E-state index in [2.05, 4.69) is 18.1 Å². The number of benzene rings is 3. The van der Waals surface area contributed by atoms with Crippen LogP contribution in [0.5, 0.6) is 5.75 Å². The Morgan fingerprint density at radius 1 is 1.00 bits per heavy atom. The molecular formula is C22H18Cl2N2O4S. The molecule has 31 heavy (non-hydrogen) atoms. The van der Waals surface area contributed by atoms with Crippen LogP contribution in [-0.4, -0.2) is 19.1 Å². The topological polar surface area (TPSA) is 67.9 Å². The molecule has 6 nitrogen and oxygen atoms in total. The van der Waals surface area contributed by atoms with E-state index in [1.807, 2.05) is 30.3 Å². The van der Waals surface area contributed by atoms with Gasteiger partial charge in [0.2, 0.25) is 0 Å². The fourth-order valence-electron chi connectivity index (χ4n) is 2.70. The van der Waals surface area contributed by atoms with E-state index in [-0.39, 0.29) is 17.9 Å². The van der Waals surface area contributed by atoms with Crippen molar-refractivity contribution in [2.24, 2.45) is 0 Å². The summed E-state index contributed by atoms with van der Waals surface area (Å²) in [4.78, 5) is 25.2. The van der Waals surface area contributed by atoms with Gasteiger partial charge in [-0.25, -0.2) is 13.9 Å². The minimum Gasteiger partial charge on any atom is -0.495 e. The van der Waals surface area contributed by atoms with Crippen molar-refractivity contribution in [3.63, 3.8) is 0 Å². The van der Waals surface area contributed by atoms with Gasteiger partial charge < -0.3 is 14.8 Å². The molecule has 0 fully saturated rings. The quantitative estimate of drug-likeness (QED) is 0.326. The van der Waals surface area contributed by atoms with Gasteiger partial charge in [-0.1, -0.05) is 66.3 Å². The largest absolute Gasteiger partial charge is 0.495 e. The monoisotopic (exact) mass is 476 g/mol. The van der Waals surface area contributed by atoms with Crippen molar-refractivity contribution in [2.45, 2.75) is 6.61 Å². The standard InChI is InChI=1S/C22H18Cl2N2O4S/c1-29-20-8-7-15(21(27)30-13-14-5-3-2-4-6-14)9-19(20)26(31)22(28)25-18-11-16(23)10-17(24)12-18/h2-12,31H,13H2,1H3,(H,25,28). The summed E-state index contributed by atoms with van der Waals surface area (Å²) in [5.41, 5.74) is 1.74. The molecule has 0 saturated carbocycles. The first kappa shape index (κ1) is 22.8. The van der Waals surface area contributed by atoms with Crippen molar-refractivity contribution in [3.8, 4) is 5.75 Å². The van der Waals surface area contributed by atoms with Gasteiger partial charge in [0.1, 0.15) is 12.4 Å². The highest BCUT2D eigenvalue weighted by atomic mass is 35.5. The number of methoxy groups -OCH3 is 1. The maximum Gasteiger partial charge on any atom is 0.338 e. The molecule has 0 aliphatic rings. The summed E-state index contributed by atoms with van der Waals surface area (Å²) in [6.45, 7) is 0.127. The predicted molar refractivity (Wildman–Crippen MR) is 126 cm³/mol. The van der Waals surface area contributed by atoms with E-state index in [1.165, 1.54) is 13.2 Å². The Morgan fingerprint density at radius 2 is 1.68 bits per heavy atom. The summed E-state index contributed by atoms with van der Waals surface area (Å²) in [6, 6.07) is 17.9. The molecule has 0 saturated heterocycles. The number of esters is 1. The van der Waals surface area contributed by atoms with Crippen molar-refractivity contribution in [1.29, 1.82) is 0 Å². The molecule has 3 aromatic carbocycles. The second kappa shape index (κ2) is 10.4. The first-order chi connectivity index (χ1) is 14.9. The number of hydrogen-bond acceptors (Lipinski definition) is 5. The van der Waals surface area contributed by atoms with Crippen LogP contribution < -0.4 is 14.4 Å². The minimum absolute atomic E-state index is 0.127. The number of carbonyl (C=O) groups is 2. The molecule has 0 bridgehead atoms. The van der Waals surface area contributed by atoms with E-state index in [1.54, 1.807) is 30.3 Å². The molecule has 0 spiro atoms. The first-order valence-electron chi connectivity index (χ1n) is 9.02. The minimum atomic E-state index is -0.602. The number of urea groups is 1. The van der Waals surface area contributed by atoms with E-state index >= 15 is 0 Å². The Kier molecular flexibility index (Phi) is 7.68. The molecule has 2 amide bonds. The number of anilines is 2. The molecule has 0 aliphatic carbocycles. The van der Waals surface area contributed by atoms with Gasteiger partial charge in [0.15, 0.2) is 0 Å². The van der Waals surface area contributed by atoms with Crippen LogP contribution in [0, 0.1) is 0 Å². The zero-order chi connectivity index (χ0) is 22.4. The van der Waals surface area contributed by atoms with Crippen LogP contribution >= 0.6 is 36.0 Å². The zero-order valence-corrected chi connectivity index (χ0v) is 18.7. The van der Waals surface area contributed by atoms with E-state index in [0.29, 0.717) is 21.5 Å². The summed E-state index contributed by atoms with van der Waals surface area (Å²) in [7, 11) is 1.45. The molecule has 0 heterocycles. The lowest BCUT2D eigenvalue weighted by atomic mass is 10.2. The fourth-order valence-corrected chi connectivity index (χ4v) is 3.43. The summed E-state index contributed by atoms with van der Waals surface area (Å²) >= 11 is 16.2. The van der Waals surface area contributed by atoms with Gasteiger partial charge in [0, 0.05) is 15.7 Å². The molecule has 0 unspecified atom stereocenters. The van der Waals surface area contributed by atoms with Gasteiger partial charge in [0.25, 0.3) is 0 Å². The van der Waals surface area contributed by atoms with Gasteiger partial charge >= 0.3 is 12.0 Å². The third kappa shape index (κ3) is 6.07. The number of ether oxygens (including phenoxy) is 2. The molecule has 9 heteroatoms. The smallest absolute Gasteiger partial charge is 0.338 e. The van der Waals surface area contributed by atoms with Gasteiger partial charge in [-0.3, -0.25) is 0 Å². The van der Waals surface area contributed by atoms with E-state index in [0.717, 1.165) is 9.87 Å². The average molecular weight is 477 g/mol. The maximum atomic E-state index is 12.7. The van der Waals surface area contributed by atoms with Gasteiger partial charge in [0.05, 0.1) is 18.4 Å². The molecule has 3 rings (SSSR count). The summed E-state index contributed by atoms with van der Waals surface area (Å²) < 4.78 is 11.7. The molecule has 0 atom stereocenters. The highest BCUT2D eigenvalue weighted by Crippen LogP contribution is 2.32. The normalized spacial score (nSPS) is 10.3. The van der Waals surface area contributed by atoms with Crippen LogP contribution in [-0.2, 0) is 11.3 Å². The third-order valence-corrected chi connectivity index (χ3v) is 5.00. The molecule has 160 valence electrons. The van der Waals surface area contributed by atoms with Crippen molar-refractivity contribution in [1.82, 2.24) is 0 Å². The molecular weight excluding hydrogens is 459 g/mol. The lowest BCUT2D eigenvalue weighted by Crippen LogP contribution is -2.27. The number of rotatable bonds is 6. The number of carbonyl (C=O) groups excluding carboxylic acids is 2. The maximum absolute atomic E-state index is 12.7. The van der Waals surface area contributed by atoms with Crippen LogP contribution in [0.3, 0.4) is 0 Å². The zero-order valence-electron chi connectivity index (χ0n) is 16.3. The number of thiol groups is 1.